The lowest BCUT2D eigenvalue weighted by atomic mass is 10.3. The van der Waals surface area contributed by atoms with Crippen LogP contribution in [0.25, 0.3) is 0 Å². The monoisotopic (exact) mass is 237 g/mol. The second kappa shape index (κ2) is 5.97. The highest BCUT2D eigenvalue weighted by Gasteiger charge is 2.22. The van der Waals surface area contributed by atoms with E-state index in [1.807, 2.05) is 30.3 Å². The molecular weight excluding hydrogens is 226 g/mol. The van der Waals surface area contributed by atoms with Crippen LogP contribution in [0.15, 0.2) is 42.6 Å². The quantitative estimate of drug-likeness (QED) is 0.761. The number of methoxy groups -OCH3 is 1. The first-order chi connectivity index (χ1) is 7.63. The minimum Gasteiger partial charge on any atom is -0.497 e. The maximum Gasteiger partial charge on any atom is 0.291 e. The van der Waals surface area contributed by atoms with Gasteiger partial charge in [-0.25, -0.2) is 0 Å². The summed E-state index contributed by atoms with van der Waals surface area (Å²) in [6, 6.07) is 9.68. The summed E-state index contributed by atoms with van der Waals surface area (Å²) in [5.74, 6) is 0.910. The number of carbonyl (C=O) groups is 2. The van der Waals surface area contributed by atoms with E-state index < -0.39 is 0 Å². The van der Waals surface area contributed by atoms with Crippen molar-refractivity contribution in [2.75, 3.05) is 7.11 Å². The fourth-order valence-corrected chi connectivity index (χ4v) is 1.42. The highest BCUT2D eigenvalue weighted by molar-refractivity contribution is 8.27. The molecule has 1 amide bonds. The Balaban J connectivity index is 0.000000160. The van der Waals surface area contributed by atoms with Gasteiger partial charge in [-0.05, 0) is 12.1 Å². The van der Waals surface area contributed by atoms with Gasteiger partial charge in [-0.3, -0.25) is 9.59 Å². The molecule has 0 radical (unpaired) electrons. The minimum atomic E-state index is -0.333. The van der Waals surface area contributed by atoms with Crippen LogP contribution in [0.3, 0.4) is 0 Å². The van der Waals surface area contributed by atoms with Crippen molar-refractivity contribution < 1.29 is 14.3 Å². The molecule has 5 heteroatoms. The molecule has 0 spiro atoms. The number of hydrogen-bond donors (Lipinski definition) is 1. The zero-order valence-corrected chi connectivity index (χ0v) is 9.54. The van der Waals surface area contributed by atoms with Gasteiger partial charge in [0.15, 0.2) is 0 Å². The van der Waals surface area contributed by atoms with Crippen molar-refractivity contribution in [1.29, 1.82) is 0 Å². The van der Waals surface area contributed by atoms with Gasteiger partial charge in [0.1, 0.15) is 5.75 Å². The fraction of sp³-hybridized carbons (Fsp3) is 0.0909. The highest BCUT2D eigenvalue weighted by Crippen LogP contribution is 2.15. The van der Waals surface area contributed by atoms with Gasteiger partial charge in [0.05, 0.1) is 12.8 Å². The minimum absolute atomic E-state index is 0.181. The SMILES string of the molecule is C=C1NC(=O)SC1=O.COc1ccccc1. The van der Waals surface area contributed by atoms with Crippen molar-refractivity contribution in [3.63, 3.8) is 0 Å². The number of thioether (sulfide) groups is 1. The number of amides is 1. The number of nitrogens with one attached hydrogen (secondary N) is 1. The maximum absolute atomic E-state index is 10.4. The maximum atomic E-state index is 10.4. The molecule has 0 saturated carbocycles. The Labute approximate surface area is 97.7 Å². The van der Waals surface area contributed by atoms with E-state index in [0.29, 0.717) is 11.8 Å². The van der Waals surface area contributed by atoms with Crippen molar-refractivity contribution in [2.45, 2.75) is 0 Å². The molecule has 1 N–H and O–H groups in total. The van der Waals surface area contributed by atoms with Gasteiger partial charge < -0.3 is 10.1 Å². The average molecular weight is 237 g/mol. The van der Waals surface area contributed by atoms with Gasteiger partial charge in [0, 0.05) is 11.8 Å². The second-order valence-electron chi connectivity index (χ2n) is 2.80. The van der Waals surface area contributed by atoms with Gasteiger partial charge in [-0.1, -0.05) is 24.8 Å². The third-order valence-electron chi connectivity index (χ3n) is 1.66. The first-order valence-electron chi connectivity index (χ1n) is 4.44. The summed E-state index contributed by atoms with van der Waals surface area (Å²) in [5, 5.41) is 1.63. The van der Waals surface area contributed by atoms with E-state index in [9.17, 15) is 9.59 Å². The number of rotatable bonds is 1. The molecule has 4 nitrogen and oxygen atoms in total. The van der Waals surface area contributed by atoms with Gasteiger partial charge in [0.2, 0.25) is 5.12 Å². The molecule has 0 aromatic heterocycles. The van der Waals surface area contributed by atoms with Gasteiger partial charge >= 0.3 is 0 Å². The number of ether oxygens (including phenoxy) is 1. The average Bonchev–Trinajstić information content (AvgIpc) is 2.58. The number of para-hydroxylation sites is 1. The van der Waals surface area contributed by atoms with E-state index in [-0.39, 0.29) is 16.1 Å². The van der Waals surface area contributed by atoms with Crippen LogP contribution in [0.1, 0.15) is 0 Å². The highest BCUT2D eigenvalue weighted by atomic mass is 32.2. The van der Waals surface area contributed by atoms with E-state index in [1.54, 1.807) is 7.11 Å². The standard InChI is InChI=1S/C7H8O.C4H3NO2S/c1-8-7-5-3-2-4-6-7;1-2-3(6)8-4(7)5-2/h2-6H,1H3;1H2,(H,5,7). The van der Waals surface area contributed by atoms with Crippen molar-refractivity contribution in [2.24, 2.45) is 0 Å². The third-order valence-corrected chi connectivity index (χ3v) is 2.38. The van der Waals surface area contributed by atoms with Crippen LogP contribution < -0.4 is 10.1 Å². The van der Waals surface area contributed by atoms with Crippen LogP contribution in [-0.4, -0.2) is 17.5 Å². The Hall–Kier alpha value is -1.75. The van der Waals surface area contributed by atoms with Crippen LogP contribution in [0.5, 0.6) is 5.75 Å². The van der Waals surface area contributed by atoms with E-state index in [1.165, 1.54) is 0 Å². The summed E-state index contributed by atoms with van der Waals surface area (Å²) >= 11 is 0.640. The Morgan fingerprint density at radius 1 is 1.25 bits per heavy atom. The van der Waals surface area contributed by atoms with Crippen molar-refractivity contribution >= 4 is 22.1 Å². The first kappa shape index (κ1) is 12.3. The van der Waals surface area contributed by atoms with Crippen LogP contribution in [0, 0.1) is 0 Å². The van der Waals surface area contributed by atoms with Gasteiger partial charge in [0.25, 0.3) is 5.24 Å². The van der Waals surface area contributed by atoms with E-state index >= 15 is 0 Å². The van der Waals surface area contributed by atoms with Gasteiger partial charge in [-0.15, -0.1) is 0 Å². The summed E-state index contributed by atoms with van der Waals surface area (Å²) in [6.45, 7) is 3.28. The molecule has 1 fully saturated rings. The summed E-state index contributed by atoms with van der Waals surface area (Å²) in [5.41, 5.74) is 0.181. The lowest BCUT2D eigenvalue weighted by molar-refractivity contribution is -0.107. The summed E-state index contributed by atoms with van der Waals surface area (Å²) in [7, 11) is 1.66. The van der Waals surface area contributed by atoms with Gasteiger partial charge in [-0.2, -0.15) is 0 Å². The van der Waals surface area contributed by atoms with Crippen LogP contribution >= 0.6 is 11.8 Å². The molecule has 1 aromatic rings. The molecule has 16 heavy (non-hydrogen) atoms. The molecule has 0 atom stereocenters. The van der Waals surface area contributed by atoms with Crippen LogP contribution in [-0.2, 0) is 4.79 Å². The predicted molar refractivity (Wildman–Crippen MR) is 63.3 cm³/mol. The van der Waals surface area contributed by atoms with Crippen LogP contribution in [0.2, 0.25) is 0 Å². The zero-order chi connectivity index (χ0) is 12.0. The van der Waals surface area contributed by atoms with Crippen molar-refractivity contribution in [3.8, 4) is 5.75 Å². The largest absolute Gasteiger partial charge is 0.497 e. The number of hydrogen-bond acceptors (Lipinski definition) is 4. The molecular formula is C11H11NO3S. The Morgan fingerprint density at radius 3 is 2.12 bits per heavy atom. The number of carbonyl (C=O) groups excluding carboxylic acids is 2. The summed E-state index contributed by atoms with van der Waals surface area (Å²) in [6.07, 6.45) is 0. The zero-order valence-electron chi connectivity index (χ0n) is 8.73. The lowest BCUT2D eigenvalue weighted by Crippen LogP contribution is -2.08. The Morgan fingerprint density at radius 2 is 1.88 bits per heavy atom. The van der Waals surface area contributed by atoms with E-state index in [0.717, 1.165) is 5.75 Å². The Bertz CT molecular complexity index is 385. The molecule has 1 aromatic carbocycles. The normalized spacial score (nSPS) is 13.9. The van der Waals surface area contributed by atoms with Crippen molar-refractivity contribution in [1.82, 2.24) is 5.32 Å². The Kier molecular flexibility index (Phi) is 4.60. The molecule has 1 saturated heterocycles. The van der Waals surface area contributed by atoms with E-state index in [2.05, 4.69) is 11.9 Å². The molecule has 0 unspecified atom stereocenters. The lowest BCUT2D eigenvalue weighted by Gasteiger charge is -1.93. The first-order valence-corrected chi connectivity index (χ1v) is 5.26. The predicted octanol–water partition coefficient (Wildman–Crippen LogP) is 2.18. The molecule has 1 aliphatic heterocycles. The molecule has 0 bridgehead atoms. The number of benzene rings is 1. The smallest absolute Gasteiger partial charge is 0.291 e. The summed E-state index contributed by atoms with van der Waals surface area (Å²) < 4.78 is 4.91. The topological polar surface area (TPSA) is 55.4 Å². The third kappa shape index (κ3) is 3.78. The van der Waals surface area contributed by atoms with Crippen LogP contribution in [0.4, 0.5) is 4.79 Å². The second-order valence-corrected chi connectivity index (χ2v) is 3.74. The fourth-order valence-electron chi connectivity index (χ4n) is 0.902. The van der Waals surface area contributed by atoms with E-state index in [4.69, 9.17) is 4.74 Å². The molecule has 0 aliphatic carbocycles. The molecule has 1 aliphatic rings. The molecule has 1 heterocycles. The van der Waals surface area contributed by atoms with Crippen molar-refractivity contribution in [3.05, 3.63) is 42.6 Å². The molecule has 84 valence electrons. The molecule has 2 rings (SSSR count). The summed E-state index contributed by atoms with van der Waals surface area (Å²) in [4.78, 5) is 20.6.